The Hall–Kier alpha value is -1.22. The molecule has 0 aliphatic carbocycles. The van der Waals surface area contributed by atoms with Crippen LogP contribution >= 0.6 is 11.6 Å². The molecule has 0 unspecified atom stereocenters. The van der Waals surface area contributed by atoms with E-state index in [1.54, 1.807) is 7.05 Å². The summed E-state index contributed by atoms with van der Waals surface area (Å²) in [7, 11) is 1.59. The molecule has 0 saturated heterocycles. The number of amides is 2. The Bertz CT molecular complexity index is 315. The molecule has 0 radical (unpaired) electrons. The molecule has 0 bridgehead atoms. The smallest absolute Gasteiger partial charge is 0.314 e. The number of hydrogen-bond acceptors (Lipinski definition) is 1. The summed E-state index contributed by atoms with van der Waals surface area (Å²) in [5.41, 5.74) is 1.05. The van der Waals surface area contributed by atoms with Gasteiger partial charge in [-0.1, -0.05) is 29.8 Å². The average Bonchev–Trinajstić information content (AvgIpc) is 2.20. The van der Waals surface area contributed by atoms with E-state index in [4.69, 9.17) is 11.6 Å². The van der Waals surface area contributed by atoms with Crippen molar-refractivity contribution in [3.8, 4) is 0 Å². The molecule has 0 heterocycles. The van der Waals surface area contributed by atoms with Gasteiger partial charge in [0.2, 0.25) is 0 Å². The SMILES string of the molecule is CNC(=O)NCCc1ccccc1Cl. The van der Waals surface area contributed by atoms with Gasteiger partial charge in [0.1, 0.15) is 0 Å². The first kappa shape index (κ1) is 10.9. The third kappa shape index (κ3) is 3.26. The summed E-state index contributed by atoms with van der Waals surface area (Å²) in [6.07, 6.45) is 0.743. The maximum atomic E-state index is 10.8. The second-order valence-corrected chi connectivity index (χ2v) is 3.25. The number of hydrogen-bond donors (Lipinski definition) is 2. The van der Waals surface area contributed by atoms with Gasteiger partial charge in [-0.05, 0) is 18.1 Å². The first-order chi connectivity index (χ1) is 6.74. The molecule has 1 rings (SSSR count). The van der Waals surface area contributed by atoms with Crippen LogP contribution in [0.2, 0.25) is 5.02 Å². The molecule has 4 heteroatoms. The Labute approximate surface area is 88.5 Å². The van der Waals surface area contributed by atoms with Crippen molar-refractivity contribution >= 4 is 17.6 Å². The molecular weight excluding hydrogens is 200 g/mol. The highest BCUT2D eigenvalue weighted by Crippen LogP contribution is 2.14. The van der Waals surface area contributed by atoms with E-state index in [1.807, 2.05) is 24.3 Å². The monoisotopic (exact) mass is 212 g/mol. The number of benzene rings is 1. The Morgan fingerprint density at radius 3 is 2.79 bits per heavy atom. The normalized spacial score (nSPS) is 9.57. The number of rotatable bonds is 3. The lowest BCUT2D eigenvalue weighted by Crippen LogP contribution is -2.34. The van der Waals surface area contributed by atoms with E-state index < -0.39 is 0 Å². The number of halogens is 1. The van der Waals surface area contributed by atoms with Crippen LogP contribution in [0.4, 0.5) is 4.79 Å². The third-order valence-corrected chi connectivity index (χ3v) is 2.23. The predicted octanol–water partition coefficient (Wildman–Crippen LogP) is 1.81. The molecule has 3 nitrogen and oxygen atoms in total. The van der Waals surface area contributed by atoms with E-state index >= 15 is 0 Å². The first-order valence-corrected chi connectivity index (χ1v) is 4.81. The number of carbonyl (C=O) groups is 1. The van der Waals surface area contributed by atoms with Crippen LogP contribution in [0.3, 0.4) is 0 Å². The number of carbonyl (C=O) groups excluding carboxylic acids is 1. The van der Waals surface area contributed by atoms with Gasteiger partial charge in [-0.15, -0.1) is 0 Å². The van der Waals surface area contributed by atoms with Crippen LogP contribution in [0.15, 0.2) is 24.3 Å². The van der Waals surface area contributed by atoms with Crippen molar-refractivity contribution in [2.24, 2.45) is 0 Å². The highest BCUT2D eigenvalue weighted by atomic mass is 35.5. The summed E-state index contributed by atoms with van der Waals surface area (Å²) >= 11 is 5.95. The molecule has 2 amide bonds. The van der Waals surface area contributed by atoms with Crippen molar-refractivity contribution in [2.45, 2.75) is 6.42 Å². The maximum Gasteiger partial charge on any atom is 0.314 e. The Morgan fingerprint density at radius 2 is 2.14 bits per heavy atom. The van der Waals surface area contributed by atoms with Crippen LogP contribution in [0.1, 0.15) is 5.56 Å². The third-order valence-electron chi connectivity index (χ3n) is 1.86. The number of nitrogens with one attached hydrogen (secondary N) is 2. The van der Waals surface area contributed by atoms with Gasteiger partial charge in [0, 0.05) is 18.6 Å². The lowest BCUT2D eigenvalue weighted by Gasteiger charge is -2.05. The Kier molecular flexibility index (Phi) is 4.26. The Balaban J connectivity index is 2.39. The Morgan fingerprint density at radius 1 is 1.43 bits per heavy atom. The molecule has 0 saturated carbocycles. The lowest BCUT2D eigenvalue weighted by molar-refractivity contribution is 0.243. The van der Waals surface area contributed by atoms with Crippen LogP contribution in [0.5, 0.6) is 0 Å². The van der Waals surface area contributed by atoms with E-state index in [9.17, 15) is 4.79 Å². The topological polar surface area (TPSA) is 41.1 Å². The van der Waals surface area contributed by atoms with Gasteiger partial charge in [0.15, 0.2) is 0 Å². The highest BCUT2D eigenvalue weighted by molar-refractivity contribution is 6.31. The summed E-state index contributed by atoms with van der Waals surface area (Å²) in [6, 6.07) is 7.45. The van der Waals surface area contributed by atoms with Crippen molar-refractivity contribution in [3.05, 3.63) is 34.9 Å². The van der Waals surface area contributed by atoms with Crippen molar-refractivity contribution in [3.63, 3.8) is 0 Å². The fraction of sp³-hybridized carbons (Fsp3) is 0.300. The zero-order valence-electron chi connectivity index (χ0n) is 8.01. The lowest BCUT2D eigenvalue weighted by atomic mass is 10.1. The molecule has 0 fully saturated rings. The molecule has 0 aliphatic rings. The van der Waals surface area contributed by atoms with Gasteiger partial charge in [-0.25, -0.2) is 4.79 Å². The maximum absolute atomic E-state index is 10.8. The minimum atomic E-state index is -0.169. The van der Waals surface area contributed by atoms with Gasteiger partial charge >= 0.3 is 6.03 Å². The van der Waals surface area contributed by atoms with E-state index in [-0.39, 0.29) is 6.03 Å². The summed E-state index contributed by atoms with van der Waals surface area (Å²) in [5.74, 6) is 0. The number of urea groups is 1. The van der Waals surface area contributed by atoms with Crippen LogP contribution in [0, 0.1) is 0 Å². The molecule has 0 atom stereocenters. The average molecular weight is 213 g/mol. The van der Waals surface area contributed by atoms with Gasteiger partial charge in [0.05, 0.1) is 0 Å². The molecule has 0 aromatic heterocycles. The van der Waals surface area contributed by atoms with Gasteiger partial charge in [-0.2, -0.15) is 0 Å². The fourth-order valence-electron chi connectivity index (χ4n) is 1.10. The zero-order valence-corrected chi connectivity index (χ0v) is 8.77. The first-order valence-electron chi connectivity index (χ1n) is 4.43. The van der Waals surface area contributed by atoms with E-state index in [2.05, 4.69) is 10.6 Å². The molecular formula is C10H13ClN2O. The molecule has 0 spiro atoms. The van der Waals surface area contributed by atoms with Crippen LogP contribution in [-0.4, -0.2) is 19.6 Å². The molecule has 76 valence electrons. The quantitative estimate of drug-likeness (QED) is 0.789. The van der Waals surface area contributed by atoms with Gasteiger partial charge in [-0.3, -0.25) is 0 Å². The second-order valence-electron chi connectivity index (χ2n) is 2.85. The highest BCUT2D eigenvalue weighted by Gasteiger charge is 1.99. The summed E-state index contributed by atoms with van der Waals surface area (Å²) < 4.78 is 0. The van der Waals surface area contributed by atoms with E-state index in [1.165, 1.54) is 0 Å². The fourth-order valence-corrected chi connectivity index (χ4v) is 1.33. The summed E-state index contributed by atoms with van der Waals surface area (Å²) in [6.45, 7) is 0.587. The molecule has 2 N–H and O–H groups in total. The van der Waals surface area contributed by atoms with Crippen LogP contribution < -0.4 is 10.6 Å². The second kappa shape index (κ2) is 5.50. The summed E-state index contributed by atoms with van der Waals surface area (Å²) in [5, 5.41) is 5.92. The zero-order chi connectivity index (χ0) is 10.4. The minimum absolute atomic E-state index is 0.169. The predicted molar refractivity (Wildman–Crippen MR) is 57.6 cm³/mol. The van der Waals surface area contributed by atoms with Gasteiger partial charge < -0.3 is 10.6 Å². The largest absolute Gasteiger partial charge is 0.341 e. The molecule has 1 aromatic carbocycles. The molecule has 0 aliphatic heterocycles. The van der Waals surface area contributed by atoms with Gasteiger partial charge in [0.25, 0.3) is 0 Å². The summed E-state index contributed by atoms with van der Waals surface area (Å²) in [4.78, 5) is 10.8. The standard InChI is InChI=1S/C10H13ClN2O/c1-12-10(14)13-7-6-8-4-2-3-5-9(8)11/h2-5H,6-7H2,1H3,(H2,12,13,14). The van der Waals surface area contributed by atoms with E-state index in [0.29, 0.717) is 6.54 Å². The van der Waals surface area contributed by atoms with E-state index in [0.717, 1.165) is 17.0 Å². The van der Waals surface area contributed by atoms with Crippen molar-refractivity contribution in [1.82, 2.24) is 10.6 Å². The van der Waals surface area contributed by atoms with Crippen molar-refractivity contribution in [1.29, 1.82) is 0 Å². The van der Waals surface area contributed by atoms with Crippen LogP contribution in [0.25, 0.3) is 0 Å². The van der Waals surface area contributed by atoms with Crippen molar-refractivity contribution in [2.75, 3.05) is 13.6 Å². The minimum Gasteiger partial charge on any atom is -0.341 e. The molecule has 1 aromatic rings. The molecule has 14 heavy (non-hydrogen) atoms. The van der Waals surface area contributed by atoms with Crippen LogP contribution in [-0.2, 0) is 6.42 Å². The van der Waals surface area contributed by atoms with Crippen molar-refractivity contribution < 1.29 is 4.79 Å².